The molecule has 2 aromatic rings. The number of carboxylic acids is 1. The second kappa shape index (κ2) is 9.49. The van der Waals surface area contributed by atoms with Crippen molar-refractivity contribution in [3.8, 4) is 0 Å². The van der Waals surface area contributed by atoms with E-state index in [0.717, 1.165) is 28.9 Å². The number of hydrogen-bond donors (Lipinski definition) is 1. The zero-order valence-corrected chi connectivity index (χ0v) is 18.8. The number of carboxylic acid groups (broad SMARTS) is 1. The summed E-state index contributed by atoms with van der Waals surface area (Å²) in [5.74, 6) is -0.932. The largest absolute Gasteiger partial charge is 0.481 e. The van der Waals surface area contributed by atoms with Crippen molar-refractivity contribution in [3.05, 3.63) is 46.8 Å². The molecule has 2 heterocycles. The molecule has 1 unspecified atom stereocenters. The molecular formula is C23H32N4O4. The van der Waals surface area contributed by atoms with Crippen LogP contribution in [-0.4, -0.2) is 49.2 Å². The predicted molar refractivity (Wildman–Crippen MR) is 116 cm³/mol. The third-order valence-corrected chi connectivity index (χ3v) is 5.47. The minimum Gasteiger partial charge on any atom is -0.481 e. The van der Waals surface area contributed by atoms with Crippen molar-refractivity contribution in [2.45, 2.75) is 78.0 Å². The van der Waals surface area contributed by atoms with Gasteiger partial charge in [0, 0.05) is 25.8 Å². The van der Waals surface area contributed by atoms with Crippen LogP contribution in [0.5, 0.6) is 0 Å². The van der Waals surface area contributed by atoms with Gasteiger partial charge in [-0.15, -0.1) is 5.10 Å². The molecule has 0 fully saturated rings. The first-order chi connectivity index (χ1) is 14.7. The molecule has 1 amide bonds. The number of carbonyl (C=O) groups excluding carboxylic acids is 1. The predicted octanol–water partition coefficient (Wildman–Crippen LogP) is 3.78. The minimum atomic E-state index is -0.814. The van der Waals surface area contributed by atoms with Crippen LogP contribution in [0.2, 0.25) is 0 Å². The maximum absolute atomic E-state index is 12.5. The van der Waals surface area contributed by atoms with E-state index in [9.17, 15) is 14.7 Å². The molecule has 1 aliphatic rings. The molecule has 1 N–H and O–H groups in total. The number of rotatable bonds is 7. The van der Waals surface area contributed by atoms with Crippen LogP contribution in [0, 0.1) is 0 Å². The van der Waals surface area contributed by atoms with Crippen LogP contribution in [-0.2, 0) is 35.5 Å². The first-order valence-electron chi connectivity index (χ1n) is 10.9. The monoisotopic (exact) mass is 428 g/mol. The molecule has 3 rings (SSSR count). The number of nitrogens with zero attached hydrogens (tertiary/aromatic N) is 4. The quantitative estimate of drug-likeness (QED) is 0.721. The van der Waals surface area contributed by atoms with E-state index in [1.165, 1.54) is 0 Å². The molecule has 0 spiro atoms. The number of carbonyl (C=O) groups is 2. The van der Waals surface area contributed by atoms with Crippen molar-refractivity contribution in [2.75, 3.05) is 6.54 Å². The lowest BCUT2D eigenvalue weighted by molar-refractivity contribution is -0.137. The highest BCUT2D eigenvalue weighted by atomic mass is 16.6. The summed E-state index contributed by atoms with van der Waals surface area (Å²) in [6.07, 6.45) is 3.70. The molecule has 8 heteroatoms. The average molecular weight is 429 g/mol. The summed E-state index contributed by atoms with van der Waals surface area (Å²) in [6, 6.07) is 5.99. The summed E-state index contributed by atoms with van der Waals surface area (Å²) in [5.41, 5.74) is 3.61. The Morgan fingerprint density at radius 2 is 2.06 bits per heavy atom. The van der Waals surface area contributed by atoms with Crippen LogP contribution in [0.25, 0.3) is 0 Å². The number of fused-ring (bicyclic) bond motifs is 1. The van der Waals surface area contributed by atoms with E-state index in [1.54, 1.807) is 9.58 Å². The molecule has 1 aromatic heterocycles. The number of ether oxygens (including phenoxy) is 1. The number of benzene rings is 1. The molecule has 1 aliphatic heterocycles. The summed E-state index contributed by atoms with van der Waals surface area (Å²) in [5, 5.41) is 17.8. The second-order valence-electron chi connectivity index (χ2n) is 9.04. The molecule has 1 aromatic carbocycles. The molecule has 0 bridgehead atoms. The molecule has 0 aliphatic carbocycles. The van der Waals surface area contributed by atoms with Crippen molar-refractivity contribution in [2.24, 2.45) is 0 Å². The fraction of sp³-hybridized carbons (Fsp3) is 0.565. The van der Waals surface area contributed by atoms with Crippen LogP contribution in [0.15, 0.2) is 24.4 Å². The van der Waals surface area contributed by atoms with Crippen LogP contribution >= 0.6 is 0 Å². The van der Waals surface area contributed by atoms with E-state index in [2.05, 4.69) is 10.3 Å². The van der Waals surface area contributed by atoms with Crippen molar-refractivity contribution < 1.29 is 19.4 Å². The normalized spacial score (nSPS) is 14.8. The Hall–Kier alpha value is -2.90. The minimum absolute atomic E-state index is 0.0636. The van der Waals surface area contributed by atoms with Gasteiger partial charge in [0.1, 0.15) is 5.60 Å². The van der Waals surface area contributed by atoms with Gasteiger partial charge < -0.3 is 14.7 Å². The van der Waals surface area contributed by atoms with Gasteiger partial charge in [-0.3, -0.25) is 9.48 Å². The number of aromatic nitrogens is 3. The van der Waals surface area contributed by atoms with Crippen molar-refractivity contribution in [1.29, 1.82) is 0 Å². The van der Waals surface area contributed by atoms with Gasteiger partial charge in [0.25, 0.3) is 0 Å². The first-order valence-corrected chi connectivity index (χ1v) is 10.9. The van der Waals surface area contributed by atoms with E-state index in [0.29, 0.717) is 32.4 Å². The van der Waals surface area contributed by atoms with E-state index in [1.807, 2.05) is 52.1 Å². The molecule has 1 atom stereocenters. The summed E-state index contributed by atoms with van der Waals surface area (Å²) in [6.45, 7) is 9.37. The fourth-order valence-electron chi connectivity index (χ4n) is 4.01. The Morgan fingerprint density at radius 1 is 1.29 bits per heavy atom. The van der Waals surface area contributed by atoms with Gasteiger partial charge in [0.15, 0.2) is 0 Å². The van der Waals surface area contributed by atoms with E-state index >= 15 is 0 Å². The highest BCUT2D eigenvalue weighted by Gasteiger charge is 2.28. The van der Waals surface area contributed by atoms with Crippen LogP contribution in [0.3, 0.4) is 0 Å². The third-order valence-electron chi connectivity index (χ3n) is 5.47. The highest BCUT2D eigenvalue weighted by molar-refractivity contribution is 5.69. The highest BCUT2D eigenvalue weighted by Crippen LogP contribution is 2.33. The average Bonchev–Trinajstić information content (AvgIpc) is 3.17. The molecule has 168 valence electrons. The smallest absolute Gasteiger partial charge is 0.410 e. The van der Waals surface area contributed by atoms with Crippen molar-refractivity contribution in [1.82, 2.24) is 19.9 Å². The SMILES string of the molecule is CCn1cc(CCC(CC(=O)O)c2cccc3c2CCN(C(=O)OC(C)(C)C)C3)nn1. The van der Waals surface area contributed by atoms with Gasteiger partial charge >= 0.3 is 12.1 Å². The molecule has 0 saturated heterocycles. The molecule has 0 saturated carbocycles. The lowest BCUT2D eigenvalue weighted by Crippen LogP contribution is -2.40. The number of aliphatic carboxylic acids is 1. The number of hydrogen-bond acceptors (Lipinski definition) is 5. The Labute approximate surface area is 183 Å². The van der Waals surface area contributed by atoms with E-state index in [-0.39, 0.29) is 18.4 Å². The fourth-order valence-corrected chi connectivity index (χ4v) is 4.01. The Balaban J connectivity index is 1.77. The molecule has 8 nitrogen and oxygen atoms in total. The molecule has 0 radical (unpaired) electrons. The topological polar surface area (TPSA) is 97.6 Å². The van der Waals surface area contributed by atoms with Crippen molar-refractivity contribution >= 4 is 12.1 Å². The van der Waals surface area contributed by atoms with Crippen LogP contribution in [0.4, 0.5) is 4.79 Å². The summed E-state index contributed by atoms with van der Waals surface area (Å²) in [4.78, 5) is 25.8. The van der Waals surface area contributed by atoms with Gasteiger partial charge in [-0.25, -0.2) is 4.79 Å². The van der Waals surface area contributed by atoms with E-state index < -0.39 is 11.6 Å². The zero-order valence-electron chi connectivity index (χ0n) is 18.8. The lowest BCUT2D eigenvalue weighted by atomic mass is 9.83. The maximum Gasteiger partial charge on any atom is 0.410 e. The summed E-state index contributed by atoms with van der Waals surface area (Å²) >= 11 is 0. The molecule has 31 heavy (non-hydrogen) atoms. The Bertz CT molecular complexity index is 932. The van der Waals surface area contributed by atoms with Gasteiger partial charge in [-0.05, 0) is 69.6 Å². The first kappa shape index (κ1) is 22.8. The van der Waals surface area contributed by atoms with Crippen LogP contribution in [0.1, 0.15) is 68.8 Å². The van der Waals surface area contributed by atoms with Crippen LogP contribution < -0.4 is 0 Å². The number of amides is 1. The van der Waals surface area contributed by atoms with Crippen molar-refractivity contribution in [3.63, 3.8) is 0 Å². The lowest BCUT2D eigenvalue weighted by Gasteiger charge is -2.33. The van der Waals surface area contributed by atoms with Gasteiger partial charge in [-0.2, -0.15) is 0 Å². The van der Waals surface area contributed by atoms with Gasteiger partial charge in [-0.1, -0.05) is 23.4 Å². The van der Waals surface area contributed by atoms with Gasteiger partial charge in [0.05, 0.1) is 12.1 Å². The standard InChI is InChI=1S/C23H32N4O4/c1-5-27-15-18(24-25-27)10-9-16(13-21(28)29)19-8-6-7-17-14-26(12-11-20(17)19)22(30)31-23(2,3)4/h6-8,15-16H,5,9-14H2,1-4H3,(H,28,29). The Morgan fingerprint density at radius 3 is 2.71 bits per heavy atom. The third kappa shape index (κ3) is 6.06. The zero-order chi connectivity index (χ0) is 22.6. The Kier molecular flexibility index (Phi) is 6.97. The summed E-state index contributed by atoms with van der Waals surface area (Å²) < 4.78 is 7.29. The second-order valence-corrected chi connectivity index (χ2v) is 9.04. The van der Waals surface area contributed by atoms with E-state index in [4.69, 9.17) is 4.74 Å². The number of aryl methyl sites for hydroxylation is 2. The molecular weight excluding hydrogens is 396 g/mol. The van der Waals surface area contributed by atoms with Gasteiger partial charge in [0.2, 0.25) is 0 Å². The summed E-state index contributed by atoms with van der Waals surface area (Å²) in [7, 11) is 0. The maximum atomic E-state index is 12.5.